The Bertz CT molecular complexity index is 1200. The van der Waals surface area contributed by atoms with E-state index in [4.69, 9.17) is 4.74 Å². The minimum atomic E-state index is -0.519. The highest BCUT2D eigenvalue weighted by Gasteiger charge is 2.11. The van der Waals surface area contributed by atoms with Crippen molar-refractivity contribution in [2.75, 3.05) is 0 Å². The van der Waals surface area contributed by atoms with Crippen LogP contribution < -0.4 is 10.3 Å². The molecule has 4 rings (SSSR count). The average molecular weight is 435 g/mol. The molecule has 0 atom stereocenters. The van der Waals surface area contributed by atoms with Crippen LogP contribution >= 0.6 is 15.9 Å². The zero-order valence-corrected chi connectivity index (χ0v) is 16.3. The number of fused-ring (bicyclic) bond motifs is 1. The topological polar surface area (TPSA) is 61.2 Å². The summed E-state index contributed by atoms with van der Waals surface area (Å²) < 4.78 is 7.78. The lowest BCUT2D eigenvalue weighted by Gasteiger charge is -2.10. The van der Waals surface area contributed by atoms with Gasteiger partial charge in [-0.1, -0.05) is 52.3 Å². The molecule has 0 unspecified atom stereocenters. The first-order valence-corrected chi connectivity index (χ1v) is 9.41. The normalized spacial score (nSPS) is 10.8. The van der Waals surface area contributed by atoms with E-state index in [0.29, 0.717) is 16.8 Å². The van der Waals surface area contributed by atoms with Crippen molar-refractivity contribution in [1.82, 2.24) is 9.55 Å². The lowest BCUT2D eigenvalue weighted by Crippen LogP contribution is -2.26. The van der Waals surface area contributed by atoms with Crippen LogP contribution in [0.15, 0.2) is 88.3 Å². The molecule has 138 valence electrons. The predicted octanol–water partition coefficient (Wildman–Crippen LogP) is 4.43. The fraction of sp³-hybridized carbons (Fsp3) is 0.0455. The van der Waals surface area contributed by atoms with Gasteiger partial charge in [0.15, 0.2) is 0 Å². The van der Waals surface area contributed by atoms with Gasteiger partial charge >= 0.3 is 5.97 Å². The lowest BCUT2D eigenvalue weighted by molar-refractivity contribution is -0.135. The first-order valence-electron chi connectivity index (χ1n) is 8.61. The van der Waals surface area contributed by atoms with Gasteiger partial charge < -0.3 is 4.74 Å². The van der Waals surface area contributed by atoms with Crippen molar-refractivity contribution in [2.24, 2.45) is 0 Å². The number of aromatic nitrogens is 2. The van der Waals surface area contributed by atoms with Crippen molar-refractivity contribution >= 4 is 32.9 Å². The fourth-order valence-corrected chi connectivity index (χ4v) is 3.19. The van der Waals surface area contributed by atoms with Gasteiger partial charge in [-0.25, -0.2) is 9.78 Å². The Hall–Kier alpha value is -3.25. The smallest absolute Gasteiger partial charge is 0.331 e. The van der Waals surface area contributed by atoms with Crippen molar-refractivity contribution < 1.29 is 9.53 Å². The van der Waals surface area contributed by atoms with E-state index in [2.05, 4.69) is 20.9 Å². The summed E-state index contributed by atoms with van der Waals surface area (Å²) in [5.74, 6) is -0.0906. The summed E-state index contributed by atoms with van der Waals surface area (Å²) in [5.41, 5.74) is 2.98. The maximum atomic E-state index is 12.4. The molecule has 1 heterocycles. The Morgan fingerprint density at radius 2 is 1.57 bits per heavy atom. The summed E-state index contributed by atoms with van der Waals surface area (Å²) >= 11 is 3.42. The molecule has 3 aromatic carbocycles. The molecule has 5 nitrogen and oxygen atoms in total. The third-order valence-electron chi connectivity index (χ3n) is 4.30. The van der Waals surface area contributed by atoms with E-state index >= 15 is 0 Å². The summed E-state index contributed by atoms with van der Waals surface area (Å²) in [4.78, 5) is 28.6. The van der Waals surface area contributed by atoms with E-state index < -0.39 is 5.97 Å². The number of para-hydroxylation sites is 2. The minimum absolute atomic E-state index is 0.184. The maximum absolute atomic E-state index is 12.4. The number of halogens is 1. The van der Waals surface area contributed by atoms with E-state index in [1.165, 1.54) is 10.8 Å². The Labute approximate surface area is 169 Å². The summed E-state index contributed by atoms with van der Waals surface area (Å²) in [6.07, 6.45) is 1.21. The van der Waals surface area contributed by atoms with Gasteiger partial charge in [0.2, 0.25) is 0 Å². The number of benzene rings is 3. The van der Waals surface area contributed by atoms with E-state index in [1.54, 1.807) is 30.3 Å². The Balaban J connectivity index is 1.51. The maximum Gasteiger partial charge on any atom is 0.331 e. The van der Waals surface area contributed by atoms with Gasteiger partial charge in [0.25, 0.3) is 5.56 Å². The second-order valence-corrected chi connectivity index (χ2v) is 7.09. The number of carbonyl (C=O) groups excluding carboxylic acids is 1. The molecule has 0 aliphatic heterocycles. The van der Waals surface area contributed by atoms with Crippen LogP contribution in [0.5, 0.6) is 5.75 Å². The van der Waals surface area contributed by atoms with E-state index in [9.17, 15) is 9.59 Å². The van der Waals surface area contributed by atoms with E-state index in [0.717, 1.165) is 15.6 Å². The van der Waals surface area contributed by atoms with Crippen LogP contribution in [0, 0.1) is 0 Å². The van der Waals surface area contributed by atoms with Crippen LogP contribution in [0.1, 0.15) is 0 Å². The summed E-state index contributed by atoms with van der Waals surface area (Å²) in [6, 6.07) is 22.4. The third-order valence-corrected chi connectivity index (χ3v) is 4.83. The minimum Gasteiger partial charge on any atom is -0.425 e. The SMILES string of the molecule is O=C(Cn1c(=O)cnc2ccccc21)Oc1ccc(-c2ccc(Br)cc2)cc1. The van der Waals surface area contributed by atoms with Gasteiger partial charge in [-0.2, -0.15) is 0 Å². The van der Waals surface area contributed by atoms with Crippen molar-refractivity contribution in [1.29, 1.82) is 0 Å². The number of hydrogen-bond donors (Lipinski definition) is 0. The van der Waals surface area contributed by atoms with Crippen molar-refractivity contribution in [3.63, 3.8) is 0 Å². The molecule has 0 aliphatic rings. The molecule has 28 heavy (non-hydrogen) atoms. The molecule has 0 fully saturated rings. The largest absolute Gasteiger partial charge is 0.425 e. The number of ether oxygens (including phenoxy) is 1. The summed E-state index contributed by atoms with van der Waals surface area (Å²) in [5, 5.41) is 0. The van der Waals surface area contributed by atoms with Crippen LogP contribution in [0.4, 0.5) is 0 Å². The molecule has 0 bridgehead atoms. The number of esters is 1. The average Bonchev–Trinajstić information content (AvgIpc) is 2.71. The number of nitrogens with zero attached hydrogens (tertiary/aromatic N) is 2. The fourth-order valence-electron chi connectivity index (χ4n) is 2.93. The number of rotatable bonds is 4. The molecular weight excluding hydrogens is 420 g/mol. The Kier molecular flexibility index (Phi) is 5.04. The zero-order valence-electron chi connectivity index (χ0n) is 14.7. The molecule has 0 radical (unpaired) electrons. The van der Waals surface area contributed by atoms with Crippen molar-refractivity contribution in [2.45, 2.75) is 6.54 Å². The molecule has 0 saturated carbocycles. The molecule has 1 aromatic heterocycles. The number of carbonyl (C=O) groups is 1. The van der Waals surface area contributed by atoms with Crippen LogP contribution in [0.2, 0.25) is 0 Å². The summed E-state index contributed by atoms with van der Waals surface area (Å²) in [7, 11) is 0. The lowest BCUT2D eigenvalue weighted by atomic mass is 10.1. The first-order chi connectivity index (χ1) is 13.6. The van der Waals surface area contributed by atoms with Crippen LogP contribution in [0.3, 0.4) is 0 Å². The van der Waals surface area contributed by atoms with Crippen LogP contribution in [-0.4, -0.2) is 15.5 Å². The Morgan fingerprint density at radius 3 is 2.29 bits per heavy atom. The predicted molar refractivity (Wildman–Crippen MR) is 111 cm³/mol. The standard InChI is InChI=1S/C22H15BrN2O3/c23-17-9-5-15(6-10-17)16-7-11-18(12-8-16)28-22(27)14-25-20-4-2-1-3-19(20)24-13-21(25)26/h1-13H,14H2. The monoisotopic (exact) mass is 434 g/mol. The van der Waals surface area contributed by atoms with Crippen LogP contribution in [0.25, 0.3) is 22.2 Å². The van der Waals surface area contributed by atoms with Gasteiger partial charge in [-0.15, -0.1) is 0 Å². The molecule has 0 saturated heterocycles. The molecule has 4 aromatic rings. The van der Waals surface area contributed by atoms with Crippen molar-refractivity contribution in [3.8, 4) is 16.9 Å². The Morgan fingerprint density at radius 1 is 0.929 bits per heavy atom. The second kappa shape index (κ2) is 7.78. The second-order valence-electron chi connectivity index (χ2n) is 6.18. The molecular formula is C22H15BrN2O3. The van der Waals surface area contributed by atoms with Gasteiger partial charge in [0.1, 0.15) is 12.3 Å². The molecule has 0 spiro atoms. The quantitative estimate of drug-likeness (QED) is 0.352. The first kappa shape index (κ1) is 18.1. The highest BCUT2D eigenvalue weighted by atomic mass is 79.9. The molecule has 0 amide bonds. The van der Waals surface area contributed by atoms with E-state index in [-0.39, 0.29) is 12.1 Å². The van der Waals surface area contributed by atoms with Gasteiger partial charge in [0, 0.05) is 4.47 Å². The summed E-state index contributed by atoms with van der Waals surface area (Å²) in [6.45, 7) is -0.184. The van der Waals surface area contributed by atoms with E-state index in [1.807, 2.05) is 42.5 Å². The van der Waals surface area contributed by atoms with Gasteiger partial charge in [-0.3, -0.25) is 9.36 Å². The van der Waals surface area contributed by atoms with Gasteiger partial charge in [0.05, 0.1) is 17.2 Å². The molecule has 0 N–H and O–H groups in total. The van der Waals surface area contributed by atoms with Crippen LogP contribution in [-0.2, 0) is 11.3 Å². The zero-order chi connectivity index (χ0) is 19.5. The van der Waals surface area contributed by atoms with Gasteiger partial charge in [-0.05, 0) is 47.5 Å². The van der Waals surface area contributed by atoms with Crippen molar-refractivity contribution in [3.05, 3.63) is 93.8 Å². The third kappa shape index (κ3) is 3.87. The molecule has 6 heteroatoms. The number of hydrogen-bond acceptors (Lipinski definition) is 4. The highest BCUT2D eigenvalue weighted by Crippen LogP contribution is 2.24. The highest BCUT2D eigenvalue weighted by molar-refractivity contribution is 9.10. The molecule has 0 aliphatic carbocycles.